The predicted molar refractivity (Wildman–Crippen MR) is 128 cm³/mol. The third-order valence-electron chi connectivity index (χ3n) is 5.86. The Morgan fingerprint density at radius 3 is 2.41 bits per heavy atom. The Bertz CT molecular complexity index is 1070. The maximum Gasteiger partial charge on any atom is 0.293 e. The molecule has 1 aliphatic heterocycles. The van der Waals surface area contributed by atoms with Crippen molar-refractivity contribution < 1.29 is 9.66 Å². The number of nitrogens with zero attached hydrogens (tertiary/aromatic N) is 4. The average molecular weight is 433 g/mol. The first kappa shape index (κ1) is 21.6. The number of nitro benzene ring substituents is 1. The minimum absolute atomic E-state index is 0.0848. The van der Waals surface area contributed by atoms with Gasteiger partial charge in [0.15, 0.2) is 0 Å². The van der Waals surface area contributed by atoms with Crippen molar-refractivity contribution in [1.82, 2.24) is 4.90 Å². The van der Waals surface area contributed by atoms with Crippen LogP contribution in [0, 0.1) is 10.1 Å². The van der Waals surface area contributed by atoms with E-state index in [4.69, 9.17) is 4.74 Å². The van der Waals surface area contributed by atoms with E-state index < -0.39 is 0 Å². The van der Waals surface area contributed by atoms with E-state index in [0.717, 1.165) is 43.1 Å². The standard InChI is InChI=1S/C25H28N4O3/c1-26-13-15-27(16-14-26)21-11-12-24(29(30)31)25(18-21)28(19-20-7-4-3-5-8-20)22-9-6-10-23(17-22)32-2/h3-12,17-18H,13-16,19H2,1-2H3. The molecule has 0 amide bonds. The number of rotatable bonds is 7. The highest BCUT2D eigenvalue weighted by atomic mass is 16.6. The van der Waals surface area contributed by atoms with Gasteiger partial charge in [0.05, 0.1) is 12.0 Å². The van der Waals surface area contributed by atoms with E-state index in [2.05, 4.69) is 16.8 Å². The molecular formula is C25H28N4O3. The first-order valence-electron chi connectivity index (χ1n) is 10.7. The summed E-state index contributed by atoms with van der Waals surface area (Å²) in [5.74, 6) is 0.707. The van der Waals surface area contributed by atoms with Gasteiger partial charge in [0, 0.05) is 56.2 Å². The molecule has 1 aliphatic rings. The molecule has 4 rings (SSSR count). The molecule has 0 atom stereocenters. The zero-order valence-electron chi connectivity index (χ0n) is 18.5. The van der Waals surface area contributed by atoms with E-state index in [0.29, 0.717) is 18.0 Å². The third-order valence-corrected chi connectivity index (χ3v) is 5.86. The molecular weight excluding hydrogens is 404 g/mol. The quantitative estimate of drug-likeness (QED) is 0.399. The number of benzene rings is 3. The Labute approximate surface area is 188 Å². The normalized spacial score (nSPS) is 14.2. The molecule has 3 aromatic rings. The van der Waals surface area contributed by atoms with E-state index in [1.54, 1.807) is 13.2 Å². The number of ether oxygens (including phenoxy) is 1. The van der Waals surface area contributed by atoms with Gasteiger partial charge in [-0.1, -0.05) is 36.4 Å². The van der Waals surface area contributed by atoms with Gasteiger partial charge in [-0.25, -0.2) is 0 Å². The van der Waals surface area contributed by atoms with Crippen LogP contribution < -0.4 is 14.5 Å². The molecule has 3 aromatic carbocycles. The van der Waals surface area contributed by atoms with Crippen molar-refractivity contribution >= 4 is 22.7 Å². The van der Waals surface area contributed by atoms with E-state index in [-0.39, 0.29) is 10.6 Å². The summed E-state index contributed by atoms with van der Waals surface area (Å²) >= 11 is 0. The minimum atomic E-state index is -0.304. The minimum Gasteiger partial charge on any atom is -0.497 e. The third kappa shape index (κ3) is 4.84. The molecule has 1 heterocycles. The molecule has 32 heavy (non-hydrogen) atoms. The summed E-state index contributed by atoms with van der Waals surface area (Å²) in [6, 6.07) is 23.1. The molecule has 1 fully saturated rings. The number of piperazine rings is 1. The van der Waals surface area contributed by atoms with Crippen LogP contribution in [0.3, 0.4) is 0 Å². The topological polar surface area (TPSA) is 62.1 Å². The Hall–Kier alpha value is -3.58. The van der Waals surface area contributed by atoms with Crippen LogP contribution in [0.4, 0.5) is 22.7 Å². The fourth-order valence-electron chi connectivity index (χ4n) is 4.00. The van der Waals surface area contributed by atoms with Gasteiger partial charge in [0.1, 0.15) is 11.4 Å². The lowest BCUT2D eigenvalue weighted by Crippen LogP contribution is -2.44. The van der Waals surface area contributed by atoms with Crippen LogP contribution in [0.25, 0.3) is 0 Å². The van der Waals surface area contributed by atoms with Gasteiger partial charge < -0.3 is 19.4 Å². The number of nitro groups is 1. The van der Waals surface area contributed by atoms with Gasteiger partial charge >= 0.3 is 0 Å². The fourth-order valence-corrected chi connectivity index (χ4v) is 4.00. The van der Waals surface area contributed by atoms with Gasteiger partial charge in [-0.3, -0.25) is 10.1 Å². The largest absolute Gasteiger partial charge is 0.497 e. The Morgan fingerprint density at radius 1 is 0.969 bits per heavy atom. The van der Waals surface area contributed by atoms with Gasteiger partial charge in [-0.15, -0.1) is 0 Å². The summed E-state index contributed by atoms with van der Waals surface area (Å²) < 4.78 is 5.42. The van der Waals surface area contributed by atoms with Gasteiger partial charge in [-0.05, 0) is 36.9 Å². The summed E-state index contributed by atoms with van der Waals surface area (Å²) in [7, 11) is 3.74. The summed E-state index contributed by atoms with van der Waals surface area (Å²) in [4.78, 5) is 18.3. The Kier molecular flexibility index (Phi) is 6.56. The van der Waals surface area contributed by atoms with Crippen molar-refractivity contribution in [3.8, 4) is 5.75 Å². The first-order chi connectivity index (χ1) is 15.5. The molecule has 7 nitrogen and oxygen atoms in total. The summed E-state index contributed by atoms with van der Waals surface area (Å²) in [6.07, 6.45) is 0. The lowest BCUT2D eigenvalue weighted by atomic mass is 10.1. The molecule has 0 saturated carbocycles. The second kappa shape index (κ2) is 9.70. The van der Waals surface area contributed by atoms with Crippen molar-refractivity contribution in [3.63, 3.8) is 0 Å². The highest BCUT2D eigenvalue weighted by Gasteiger charge is 2.24. The van der Waals surface area contributed by atoms with Crippen LogP contribution in [0.15, 0.2) is 72.8 Å². The van der Waals surface area contributed by atoms with E-state index in [1.165, 1.54) is 0 Å². The lowest BCUT2D eigenvalue weighted by Gasteiger charge is -2.34. The molecule has 0 aromatic heterocycles. The second-order valence-corrected chi connectivity index (χ2v) is 7.99. The molecule has 166 valence electrons. The predicted octanol–water partition coefficient (Wildman–Crippen LogP) is 4.69. The van der Waals surface area contributed by atoms with Gasteiger partial charge in [0.2, 0.25) is 0 Å². The Morgan fingerprint density at radius 2 is 1.72 bits per heavy atom. The lowest BCUT2D eigenvalue weighted by molar-refractivity contribution is -0.384. The van der Waals surface area contributed by atoms with Crippen LogP contribution in [0.5, 0.6) is 5.75 Å². The molecule has 0 N–H and O–H groups in total. The molecule has 0 aliphatic carbocycles. The summed E-state index contributed by atoms with van der Waals surface area (Å²) in [5, 5.41) is 12.0. The van der Waals surface area contributed by atoms with Gasteiger partial charge in [-0.2, -0.15) is 0 Å². The second-order valence-electron chi connectivity index (χ2n) is 7.99. The monoisotopic (exact) mass is 432 g/mol. The van der Waals surface area contributed by atoms with E-state index in [1.807, 2.05) is 71.6 Å². The maximum atomic E-state index is 12.0. The number of likely N-dealkylation sites (N-methyl/N-ethyl adjacent to an activating group) is 1. The van der Waals surface area contributed by atoms with Crippen molar-refractivity contribution in [1.29, 1.82) is 0 Å². The maximum absolute atomic E-state index is 12.0. The van der Waals surface area contributed by atoms with Crippen LogP contribution in [-0.4, -0.2) is 50.2 Å². The fraction of sp³-hybridized carbons (Fsp3) is 0.280. The smallest absolute Gasteiger partial charge is 0.293 e. The summed E-state index contributed by atoms with van der Waals surface area (Å²) in [5.41, 5.74) is 3.56. The highest BCUT2D eigenvalue weighted by Crippen LogP contribution is 2.39. The molecule has 0 bridgehead atoms. The number of methoxy groups -OCH3 is 1. The molecule has 0 spiro atoms. The van der Waals surface area contributed by atoms with Crippen LogP contribution in [0.1, 0.15) is 5.56 Å². The van der Waals surface area contributed by atoms with Crippen molar-refractivity contribution in [2.75, 3.05) is 50.1 Å². The molecule has 0 unspecified atom stereocenters. The molecule has 1 saturated heterocycles. The summed E-state index contributed by atoms with van der Waals surface area (Å²) in [6.45, 7) is 4.23. The number of anilines is 3. The van der Waals surface area contributed by atoms with Gasteiger partial charge in [0.25, 0.3) is 5.69 Å². The zero-order valence-corrected chi connectivity index (χ0v) is 18.5. The van der Waals surface area contributed by atoms with Crippen molar-refractivity contribution in [2.24, 2.45) is 0 Å². The molecule has 0 radical (unpaired) electrons. The van der Waals surface area contributed by atoms with Crippen molar-refractivity contribution in [3.05, 3.63) is 88.5 Å². The number of hydrogen-bond donors (Lipinski definition) is 0. The van der Waals surface area contributed by atoms with Crippen LogP contribution in [0.2, 0.25) is 0 Å². The van der Waals surface area contributed by atoms with Crippen LogP contribution >= 0.6 is 0 Å². The van der Waals surface area contributed by atoms with E-state index >= 15 is 0 Å². The average Bonchev–Trinajstić information content (AvgIpc) is 2.83. The SMILES string of the molecule is COc1cccc(N(Cc2ccccc2)c2cc(N3CCN(C)CC3)ccc2[N+](=O)[O-])c1. The zero-order chi connectivity index (χ0) is 22.5. The van der Waals surface area contributed by atoms with E-state index in [9.17, 15) is 10.1 Å². The van der Waals surface area contributed by atoms with Crippen LogP contribution in [-0.2, 0) is 6.54 Å². The first-order valence-corrected chi connectivity index (χ1v) is 10.7. The highest BCUT2D eigenvalue weighted by molar-refractivity contribution is 5.77. The number of hydrogen-bond acceptors (Lipinski definition) is 6. The Balaban J connectivity index is 1.80. The van der Waals surface area contributed by atoms with Crippen molar-refractivity contribution in [2.45, 2.75) is 6.54 Å². The molecule has 7 heteroatoms.